The van der Waals surface area contributed by atoms with Gasteiger partial charge in [0.25, 0.3) is 0 Å². The molecule has 0 saturated carbocycles. The van der Waals surface area contributed by atoms with E-state index in [1.165, 1.54) is 4.46 Å². The standard InChI is InChI=1S/C22H21NO2SSe/c1-17-11-13-20(14-12-17)26(24,25)23-19(15-18-7-5-6-10-22(18)23)16-27-21-8-3-2-4-9-21/h2-14,19H,15-16H2,1H3. The van der Waals surface area contributed by atoms with Crippen LogP contribution in [0.1, 0.15) is 11.1 Å². The SMILES string of the molecule is Cc1ccc(S(=O)(=O)N2c3ccccc3CC2C[Se]c2ccccc2)cc1. The van der Waals surface area contributed by atoms with Gasteiger partial charge in [0.2, 0.25) is 0 Å². The van der Waals surface area contributed by atoms with Crippen molar-refractivity contribution in [1.29, 1.82) is 0 Å². The Kier molecular flexibility index (Phi) is 5.09. The Labute approximate surface area is 167 Å². The molecule has 27 heavy (non-hydrogen) atoms. The third-order valence-electron chi connectivity index (χ3n) is 4.78. The topological polar surface area (TPSA) is 37.4 Å². The van der Waals surface area contributed by atoms with Gasteiger partial charge in [0, 0.05) is 0 Å². The molecule has 1 aliphatic heterocycles. The predicted octanol–water partition coefficient (Wildman–Crippen LogP) is 3.56. The van der Waals surface area contributed by atoms with Crippen molar-refractivity contribution >= 4 is 35.1 Å². The minimum absolute atomic E-state index is 0.0334. The zero-order valence-corrected chi connectivity index (χ0v) is 17.6. The molecule has 0 aliphatic carbocycles. The van der Waals surface area contributed by atoms with Crippen LogP contribution in [0, 0.1) is 6.92 Å². The predicted molar refractivity (Wildman–Crippen MR) is 111 cm³/mol. The molecule has 4 rings (SSSR count). The summed E-state index contributed by atoms with van der Waals surface area (Å²) in [7, 11) is -3.58. The molecule has 1 atom stereocenters. The van der Waals surface area contributed by atoms with E-state index in [1.807, 2.05) is 61.5 Å². The average molecular weight is 442 g/mol. The molecule has 0 spiro atoms. The van der Waals surface area contributed by atoms with Crippen molar-refractivity contribution in [3.8, 4) is 0 Å². The van der Waals surface area contributed by atoms with Crippen LogP contribution in [0.3, 0.4) is 0 Å². The second-order valence-electron chi connectivity index (χ2n) is 6.72. The Morgan fingerprint density at radius 3 is 2.33 bits per heavy atom. The van der Waals surface area contributed by atoms with Gasteiger partial charge < -0.3 is 0 Å². The fourth-order valence-electron chi connectivity index (χ4n) is 3.42. The summed E-state index contributed by atoms with van der Waals surface area (Å²) in [6.07, 6.45) is 0.774. The molecule has 0 N–H and O–H groups in total. The van der Waals surface area contributed by atoms with E-state index < -0.39 is 10.0 Å². The fourth-order valence-corrected chi connectivity index (χ4v) is 7.42. The van der Waals surface area contributed by atoms with Gasteiger partial charge in [0.05, 0.1) is 0 Å². The maximum absolute atomic E-state index is 13.5. The van der Waals surface area contributed by atoms with Crippen LogP contribution < -0.4 is 8.77 Å². The van der Waals surface area contributed by atoms with Gasteiger partial charge in [-0.1, -0.05) is 0 Å². The summed E-state index contributed by atoms with van der Waals surface area (Å²) in [6, 6.07) is 25.3. The first kappa shape index (κ1) is 18.3. The number of rotatable bonds is 5. The molecule has 0 fully saturated rings. The monoisotopic (exact) mass is 443 g/mol. The van der Waals surface area contributed by atoms with E-state index >= 15 is 0 Å². The van der Waals surface area contributed by atoms with Crippen LogP contribution in [0.25, 0.3) is 0 Å². The Morgan fingerprint density at radius 2 is 1.59 bits per heavy atom. The van der Waals surface area contributed by atoms with E-state index in [1.54, 1.807) is 16.4 Å². The molecule has 0 radical (unpaired) electrons. The fraction of sp³-hybridized carbons (Fsp3) is 0.182. The van der Waals surface area contributed by atoms with E-state index in [4.69, 9.17) is 0 Å². The third-order valence-corrected chi connectivity index (χ3v) is 9.09. The molecule has 3 aromatic carbocycles. The molecular formula is C22H21NO2SSe. The summed E-state index contributed by atoms with van der Waals surface area (Å²) < 4.78 is 29.9. The van der Waals surface area contributed by atoms with Crippen molar-refractivity contribution in [2.75, 3.05) is 4.31 Å². The Morgan fingerprint density at radius 1 is 0.926 bits per heavy atom. The summed E-state index contributed by atoms with van der Waals surface area (Å²) in [5.41, 5.74) is 2.99. The van der Waals surface area contributed by atoms with Crippen molar-refractivity contribution in [3.05, 3.63) is 90.0 Å². The Balaban J connectivity index is 1.68. The van der Waals surface area contributed by atoms with E-state index in [0.29, 0.717) is 4.90 Å². The zero-order chi connectivity index (χ0) is 18.9. The third kappa shape index (κ3) is 3.68. The number of nitrogens with zero attached hydrogens (tertiary/aromatic N) is 1. The molecule has 3 nitrogen and oxygen atoms in total. The molecule has 0 amide bonds. The van der Waals surface area contributed by atoms with E-state index in [9.17, 15) is 8.42 Å². The van der Waals surface area contributed by atoms with Gasteiger partial charge in [0.15, 0.2) is 0 Å². The molecule has 3 aromatic rings. The summed E-state index contributed by atoms with van der Waals surface area (Å²) in [4.78, 5) is 0.363. The number of aryl methyl sites for hydroxylation is 1. The van der Waals surface area contributed by atoms with Gasteiger partial charge in [-0.3, -0.25) is 0 Å². The number of hydrogen-bond acceptors (Lipinski definition) is 2. The maximum atomic E-state index is 13.5. The molecule has 138 valence electrons. The second-order valence-corrected chi connectivity index (χ2v) is 10.8. The molecule has 1 unspecified atom stereocenters. The van der Waals surface area contributed by atoms with Gasteiger partial charge in [0.1, 0.15) is 0 Å². The van der Waals surface area contributed by atoms with Crippen molar-refractivity contribution in [1.82, 2.24) is 0 Å². The average Bonchev–Trinajstić information content (AvgIpc) is 3.07. The first-order chi connectivity index (χ1) is 13.1. The minimum atomic E-state index is -3.58. The van der Waals surface area contributed by atoms with E-state index in [2.05, 4.69) is 12.1 Å². The Hall–Kier alpha value is -2.07. The van der Waals surface area contributed by atoms with Gasteiger partial charge in [-0.25, -0.2) is 0 Å². The van der Waals surface area contributed by atoms with Crippen LogP contribution in [-0.4, -0.2) is 29.4 Å². The van der Waals surface area contributed by atoms with Crippen LogP contribution >= 0.6 is 0 Å². The van der Waals surface area contributed by atoms with Crippen LogP contribution in [0.15, 0.2) is 83.8 Å². The summed E-state index contributed by atoms with van der Waals surface area (Å²) in [5, 5.41) is 0.858. The summed E-state index contributed by atoms with van der Waals surface area (Å²) in [5.74, 6) is 0. The summed E-state index contributed by atoms with van der Waals surface area (Å²) in [6.45, 7) is 1.97. The Bertz CT molecular complexity index is 1030. The zero-order valence-electron chi connectivity index (χ0n) is 15.1. The quantitative estimate of drug-likeness (QED) is 0.567. The number of fused-ring (bicyclic) bond motifs is 1. The normalized spacial score (nSPS) is 16.3. The number of hydrogen-bond donors (Lipinski definition) is 0. The van der Waals surface area contributed by atoms with E-state index in [0.717, 1.165) is 28.6 Å². The number of sulfonamides is 1. The van der Waals surface area contributed by atoms with Crippen LogP contribution in [-0.2, 0) is 16.4 Å². The molecule has 0 bridgehead atoms. The van der Waals surface area contributed by atoms with Crippen LogP contribution in [0.2, 0.25) is 5.32 Å². The van der Waals surface area contributed by atoms with Gasteiger partial charge in [-0.05, 0) is 0 Å². The van der Waals surface area contributed by atoms with Crippen molar-refractivity contribution in [2.45, 2.75) is 29.6 Å². The molecule has 1 aliphatic rings. The first-order valence-corrected chi connectivity index (χ1v) is 12.4. The van der Waals surface area contributed by atoms with Crippen LogP contribution in [0.5, 0.6) is 0 Å². The molecule has 0 aromatic heterocycles. The number of para-hydroxylation sites is 1. The van der Waals surface area contributed by atoms with Gasteiger partial charge in [-0.2, -0.15) is 0 Å². The van der Waals surface area contributed by atoms with Gasteiger partial charge in [-0.15, -0.1) is 0 Å². The van der Waals surface area contributed by atoms with Crippen molar-refractivity contribution < 1.29 is 8.42 Å². The van der Waals surface area contributed by atoms with Crippen LogP contribution in [0.4, 0.5) is 5.69 Å². The van der Waals surface area contributed by atoms with Crippen molar-refractivity contribution in [3.63, 3.8) is 0 Å². The molecule has 1 heterocycles. The number of benzene rings is 3. The van der Waals surface area contributed by atoms with Gasteiger partial charge >= 0.3 is 167 Å². The molecule has 5 heteroatoms. The molecular weight excluding hydrogens is 421 g/mol. The van der Waals surface area contributed by atoms with Crippen molar-refractivity contribution in [2.24, 2.45) is 0 Å². The van der Waals surface area contributed by atoms with E-state index in [-0.39, 0.29) is 21.0 Å². The first-order valence-electron chi connectivity index (χ1n) is 8.92. The summed E-state index contributed by atoms with van der Waals surface area (Å²) >= 11 is 0.231. The second kappa shape index (κ2) is 7.51. The number of anilines is 1. The molecule has 0 saturated heterocycles.